The van der Waals surface area contributed by atoms with Crippen LogP contribution in [0.25, 0.3) is 0 Å². The molecule has 0 amide bonds. The molecule has 116 valence electrons. The van der Waals surface area contributed by atoms with Gasteiger partial charge in [0.1, 0.15) is 5.75 Å². The summed E-state index contributed by atoms with van der Waals surface area (Å²) in [6.45, 7) is 3.50. The van der Waals surface area contributed by atoms with Crippen LogP contribution in [-0.2, 0) is 4.75 Å². The SMILES string of the molecule is C=CC(O)(CC1(SC)CCOc2ccccc21)C(F)(F)F. The predicted octanol–water partition coefficient (Wildman–Crippen LogP) is 3.90. The Morgan fingerprint density at radius 3 is 2.67 bits per heavy atom. The quantitative estimate of drug-likeness (QED) is 0.854. The summed E-state index contributed by atoms with van der Waals surface area (Å²) in [5, 5.41) is 10.0. The molecule has 1 aromatic carbocycles. The van der Waals surface area contributed by atoms with E-state index < -0.39 is 22.9 Å². The fourth-order valence-corrected chi connectivity index (χ4v) is 3.66. The van der Waals surface area contributed by atoms with E-state index in [1.807, 2.05) is 0 Å². The molecule has 1 heterocycles. The molecule has 1 N–H and O–H groups in total. The number of aliphatic hydroxyl groups is 1. The van der Waals surface area contributed by atoms with Gasteiger partial charge in [-0.15, -0.1) is 0 Å². The van der Waals surface area contributed by atoms with E-state index in [-0.39, 0.29) is 0 Å². The van der Waals surface area contributed by atoms with Crippen LogP contribution < -0.4 is 4.74 Å². The zero-order chi connectivity index (χ0) is 15.7. The van der Waals surface area contributed by atoms with Gasteiger partial charge in [-0.2, -0.15) is 24.9 Å². The Labute approximate surface area is 126 Å². The van der Waals surface area contributed by atoms with Gasteiger partial charge in [-0.1, -0.05) is 30.9 Å². The molecule has 0 radical (unpaired) electrons. The highest BCUT2D eigenvalue weighted by atomic mass is 32.2. The van der Waals surface area contributed by atoms with Gasteiger partial charge in [0.05, 0.1) is 11.4 Å². The van der Waals surface area contributed by atoms with Crippen LogP contribution in [0.2, 0.25) is 0 Å². The molecule has 1 aromatic rings. The molecule has 1 aliphatic heterocycles. The normalized spacial score (nSPS) is 24.6. The Kier molecular flexibility index (Phi) is 4.31. The third kappa shape index (κ3) is 2.79. The molecule has 0 bridgehead atoms. The van der Waals surface area contributed by atoms with Crippen molar-refractivity contribution in [2.45, 2.75) is 29.4 Å². The average Bonchev–Trinajstić information content (AvgIpc) is 2.46. The zero-order valence-electron chi connectivity index (χ0n) is 11.6. The fraction of sp³-hybridized carbons (Fsp3) is 0.467. The van der Waals surface area contributed by atoms with Crippen molar-refractivity contribution in [2.24, 2.45) is 0 Å². The van der Waals surface area contributed by atoms with Crippen molar-refractivity contribution in [3.05, 3.63) is 42.5 Å². The summed E-state index contributed by atoms with van der Waals surface area (Å²) >= 11 is 1.31. The number of para-hydroxylation sites is 1. The molecular formula is C15H17F3O2S. The molecule has 1 aliphatic rings. The van der Waals surface area contributed by atoms with E-state index in [2.05, 4.69) is 6.58 Å². The van der Waals surface area contributed by atoms with Gasteiger partial charge < -0.3 is 9.84 Å². The molecule has 0 saturated heterocycles. The summed E-state index contributed by atoms with van der Waals surface area (Å²) in [6.07, 6.45) is -2.50. The van der Waals surface area contributed by atoms with E-state index in [0.29, 0.717) is 30.4 Å². The van der Waals surface area contributed by atoms with Crippen LogP contribution in [0.15, 0.2) is 36.9 Å². The van der Waals surface area contributed by atoms with E-state index >= 15 is 0 Å². The highest BCUT2D eigenvalue weighted by Gasteiger charge is 2.56. The van der Waals surface area contributed by atoms with Crippen molar-refractivity contribution < 1.29 is 23.0 Å². The summed E-state index contributed by atoms with van der Waals surface area (Å²) in [6, 6.07) is 7.03. The molecule has 2 rings (SSSR count). The van der Waals surface area contributed by atoms with Gasteiger partial charge in [0, 0.05) is 18.4 Å². The lowest BCUT2D eigenvalue weighted by Crippen LogP contribution is -2.49. The molecule has 0 saturated carbocycles. The maximum absolute atomic E-state index is 13.2. The fourth-order valence-electron chi connectivity index (χ4n) is 2.62. The van der Waals surface area contributed by atoms with E-state index in [9.17, 15) is 18.3 Å². The smallest absolute Gasteiger partial charge is 0.420 e. The van der Waals surface area contributed by atoms with Crippen LogP contribution in [-0.4, -0.2) is 29.7 Å². The molecule has 2 atom stereocenters. The summed E-state index contributed by atoms with van der Waals surface area (Å²) in [5.41, 5.74) is -2.23. The Hall–Kier alpha value is -1.14. The second-order valence-corrected chi connectivity index (χ2v) is 6.29. The van der Waals surface area contributed by atoms with Crippen LogP contribution in [0.1, 0.15) is 18.4 Å². The van der Waals surface area contributed by atoms with Crippen molar-refractivity contribution in [1.82, 2.24) is 0 Å². The number of fused-ring (bicyclic) bond motifs is 1. The second-order valence-electron chi connectivity index (χ2n) is 5.10. The molecular weight excluding hydrogens is 301 g/mol. The summed E-state index contributed by atoms with van der Waals surface area (Å²) in [5.74, 6) is 0.576. The van der Waals surface area contributed by atoms with Crippen molar-refractivity contribution >= 4 is 11.8 Å². The number of alkyl halides is 3. The summed E-state index contributed by atoms with van der Waals surface area (Å²) in [7, 11) is 0. The van der Waals surface area contributed by atoms with Gasteiger partial charge in [0.2, 0.25) is 0 Å². The third-order valence-corrected chi connectivity index (χ3v) is 5.27. The molecule has 0 spiro atoms. The minimum atomic E-state index is -4.76. The highest BCUT2D eigenvalue weighted by molar-refractivity contribution is 7.99. The van der Waals surface area contributed by atoms with E-state index in [4.69, 9.17) is 4.74 Å². The van der Waals surface area contributed by atoms with Gasteiger partial charge >= 0.3 is 6.18 Å². The van der Waals surface area contributed by atoms with Crippen LogP contribution in [0.5, 0.6) is 5.75 Å². The molecule has 0 aliphatic carbocycles. The largest absolute Gasteiger partial charge is 0.493 e. The average molecular weight is 318 g/mol. The summed E-state index contributed by atoms with van der Waals surface area (Å²) in [4.78, 5) is 0. The lowest BCUT2D eigenvalue weighted by molar-refractivity contribution is -0.244. The number of ether oxygens (including phenoxy) is 1. The van der Waals surface area contributed by atoms with Crippen molar-refractivity contribution in [3.63, 3.8) is 0 Å². The molecule has 0 aromatic heterocycles. The molecule has 2 unspecified atom stereocenters. The highest BCUT2D eigenvalue weighted by Crippen LogP contribution is 2.52. The first kappa shape index (κ1) is 16.2. The van der Waals surface area contributed by atoms with Crippen molar-refractivity contribution in [3.8, 4) is 5.75 Å². The monoisotopic (exact) mass is 318 g/mol. The maximum atomic E-state index is 13.2. The zero-order valence-corrected chi connectivity index (χ0v) is 12.4. The Morgan fingerprint density at radius 2 is 2.10 bits per heavy atom. The van der Waals surface area contributed by atoms with Crippen LogP contribution in [0.4, 0.5) is 13.2 Å². The lowest BCUT2D eigenvalue weighted by Gasteiger charge is -2.42. The van der Waals surface area contributed by atoms with E-state index in [1.165, 1.54) is 11.8 Å². The molecule has 2 nitrogen and oxygen atoms in total. The van der Waals surface area contributed by atoms with Gasteiger partial charge in [-0.3, -0.25) is 0 Å². The van der Waals surface area contributed by atoms with Crippen LogP contribution in [0, 0.1) is 0 Å². The number of halogens is 3. The topological polar surface area (TPSA) is 29.5 Å². The molecule has 6 heteroatoms. The number of thioether (sulfide) groups is 1. The first-order valence-corrected chi connectivity index (χ1v) is 7.71. The number of hydrogen-bond donors (Lipinski definition) is 1. The first-order valence-electron chi connectivity index (χ1n) is 6.48. The van der Waals surface area contributed by atoms with E-state index in [1.54, 1.807) is 30.5 Å². The van der Waals surface area contributed by atoms with Crippen LogP contribution in [0.3, 0.4) is 0 Å². The lowest BCUT2D eigenvalue weighted by atomic mass is 9.81. The van der Waals surface area contributed by atoms with Crippen molar-refractivity contribution in [2.75, 3.05) is 12.9 Å². The molecule has 0 fully saturated rings. The Bertz CT molecular complexity index is 532. The molecule has 21 heavy (non-hydrogen) atoms. The number of hydrogen-bond acceptors (Lipinski definition) is 3. The van der Waals surface area contributed by atoms with Gasteiger partial charge in [-0.25, -0.2) is 0 Å². The summed E-state index contributed by atoms with van der Waals surface area (Å²) < 4.78 is 44.2. The second kappa shape index (κ2) is 5.57. The standard InChI is InChI=1S/C15H17F3O2S/c1-3-14(19,15(16,17)18)10-13(21-2)8-9-20-12-7-5-4-6-11(12)13/h3-7,19H,1,8-10H2,2H3. The number of benzene rings is 1. The minimum Gasteiger partial charge on any atom is -0.493 e. The third-order valence-electron chi connectivity index (χ3n) is 3.92. The number of rotatable bonds is 4. The Morgan fingerprint density at radius 1 is 1.43 bits per heavy atom. The van der Waals surface area contributed by atoms with Crippen LogP contribution >= 0.6 is 11.8 Å². The predicted molar refractivity (Wildman–Crippen MR) is 77.6 cm³/mol. The van der Waals surface area contributed by atoms with Gasteiger partial charge in [-0.05, 0) is 12.3 Å². The van der Waals surface area contributed by atoms with E-state index in [0.717, 1.165) is 0 Å². The van der Waals surface area contributed by atoms with Crippen molar-refractivity contribution in [1.29, 1.82) is 0 Å². The first-order chi connectivity index (χ1) is 9.78. The van der Waals surface area contributed by atoms with Gasteiger partial charge in [0.25, 0.3) is 0 Å². The minimum absolute atomic E-state index is 0.322. The Balaban J connectivity index is 2.47. The van der Waals surface area contributed by atoms with Gasteiger partial charge in [0.15, 0.2) is 5.60 Å². The maximum Gasteiger partial charge on any atom is 0.420 e.